The van der Waals surface area contributed by atoms with E-state index in [9.17, 15) is 9.90 Å². The summed E-state index contributed by atoms with van der Waals surface area (Å²) in [4.78, 5) is 12.2. The van der Waals surface area contributed by atoms with Gasteiger partial charge in [-0.3, -0.25) is 0 Å². The number of nitrogens with one attached hydrogen (secondary N) is 1. The van der Waals surface area contributed by atoms with Gasteiger partial charge in [0.05, 0.1) is 18.8 Å². The molecule has 0 unspecified atom stereocenters. The lowest BCUT2D eigenvalue weighted by atomic mass is 10.0. The average Bonchev–Trinajstić information content (AvgIpc) is 2.50. The van der Waals surface area contributed by atoms with E-state index in [4.69, 9.17) is 9.16 Å². The zero-order valence-electron chi connectivity index (χ0n) is 18.1. The zero-order chi connectivity index (χ0) is 20.9. The predicted octanol–water partition coefficient (Wildman–Crippen LogP) is 4.51. The van der Waals surface area contributed by atoms with Gasteiger partial charge in [0, 0.05) is 0 Å². The highest BCUT2D eigenvalue weighted by Crippen LogP contribution is 2.36. The number of amides is 1. The monoisotopic (exact) mass is 395 g/mol. The van der Waals surface area contributed by atoms with Crippen LogP contribution in [0, 0.1) is 0 Å². The highest BCUT2D eigenvalue weighted by molar-refractivity contribution is 6.74. The van der Waals surface area contributed by atoms with Crippen molar-refractivity contribution in [1.82, 2.24) is 5.32 Å². The van der Waals surface area contributed by atoms with E-state index in [1.807, 2.05) is 51.1 Å². The minimum atomic E-state index is -1.99. The van der Waals surface area contributed by atoms with Crippen molar-refractivity contribution in [3.8, 4) is 0 Å². The molecule has 0 spiro atoms. The van der Waals surface area contributed by atoms with Crippen molar-refractivity contribution in [2.75, 3.05) is 6.61 Å². The van der Waals surface area contributed by atoms with Crippen LogP contribution in [-0.4, -0.2) is 43.9 Å². The van der Waals surface area contributed by atoms with Crippen LogP contribution in [0.5, 0.6) is 0 Å². The summed E-state index contributed by atoms with van der Waals surface area (Å²) in [5, 5.41) is 13.7. The topological polar surface area (TPSA) is 67.8 Å². The number of hydrogen-bond acceptors (Lipinski definition) is 4. The number of ether oxygens (including phenoxy) is 1. The molecule has 27 heavy (non-hydrogen) atoms. The minimum Gasteiger partial charge on any atom is -0.444 e. The van der Waals surface area contributed by atoms with E-state index in [-0.39, 0.29) is 11.6 Å². The second-order valence-corrected chi connectivity index (χ2v) is 14.4. The Morgan fingerprint density at radius 2 is 1.67 bits per heavy atom. The largest absolute Gasteiger partial charge is 0.444 e. The molecule has 5 nitrogen and oxygen atoms in total. The van der Waals surface area contributed by atoms with E-state index in [1.165, 1.54) is 0 Å². The van der Waals surface area contributed by atoms with Gasteiger partial charge in [0.1, 0.15) is 5.60 Å². The molecule has 2 N–H and O–H groups in total. The fraction of sp³-hybridized carbons (Fsp3) is 0.667. The Morgan fingerprint density at radius 1 is 1.11 bits per heavy atom. The lowest BCUT2D eigenvalue weighted by molar-refractivity contribution is 0.0334. The molecular formula is C21H37NO4Si. The van der Waals surface area contributed by atoms with Gasteiger partial charge in [0.25, 0.3) is 0 Å². The predicted molar refractivity (Wildman–Crippen MR) is 112 cm³/mol. The molecule has 0 saturated carbocycles. The number of carbonyl (C=O) groups is 1. The van der Waals surface area contributed by atoms with E-state index < -0.39 is 32.2 Å². The van der Waals surface area contributed by atoms with Gasteiger partial charge in [0.2, 0.25) is 0 Å². The van der Waals surface area contributed by atoms with E-state index in [1.54, 1.807) is 0 Å². The van der Waals surface area contributed by atoms with Crippen LogP contribution in [0.3, 0.4) is 0 Å². The van der Waals surface area contributed by atoms with Crippen LogP contribution in [-0.2, 0) is 15.6 Å². The Hall–Kier alpha value is -1.37. The molecule has 0 aliphatic rings. The van der Waals surface area contributed by atoms with Crippen molar-refractivity contribution in [2.45, 2.75) is 83.8 Å². The molecule has 0 bridgehead atoms. The Bertz CT molecular complexity index is 590. The summed E-state index contributed by atoms with van der Waals surface area (Å²) in [5.41, 5.74) is 0.439. The third-order valence-electron chi connectivity index (χ3n) is 4.89. The SMILES string of the molecule is CC(C)(C)OC(=O)N[C@@H](Cc1ccccc1)[C@H](O)CO[Si](C)(C)C(C)(C)C. The Balaban J connectivity index is 2.84. The normalized spacial score (nSPS) is 15.1. The number of carbonyl (C=O) groups excluding carboxylic acids is 1. The summed E-state index contributed by atoms with van der Waals surface area (Å²) in [6, 6.07) is 9.29. The highest BCUT2D eigenvalue weighted by Gasteiger charge is 2.38. The fourth-order valence-electron chi connectivity index (χ4n) is 2.24. The molecule has 1 amide bonds. The second kappa shape index (κ2) is 9.21. The van der Waals surface area contributed by atoms with Crippen molar-refractivity contribution in [3.63, 3.8) is 0 Å². The number of benzene rings is 1. The van der Waals surface area contributed by atoms with Crippen LogP contribution < -0.4 is 5.32 Å². The van der Waals surface area contributed by atoms with Crippen molar-refractivity contribution < 1.29 is 19.1 Å². The van der Waals surface area contributed by atoms with Crippen LogP contribution in [0.4, 0.5) is 4.79 Å². The van der Waals surface area contributed by atoms with Crippen molar-refractivity contribution in [2.24, 2.45) is 0 Å². The molecule has 2 atom stereocenters. The van der Waals surface area contributed by atoms with Crippen LogP contribution in [0.1, 0.15) is 47.1 Å². The Kier molecular flexibility index (Phi) is 8.08. The Labute approximate surface area is 165 Å². The molecule has 0 aliphatic carbocycles. The first-order valence-electron chi connectivity index (χ1n) is 9.57. The van der Waals surface area contributed by atoms with E-state index in [0.717, 1.165) is 5.56 Å². The summed E-state index contributed by atoms with van der Waals surface area (Å²) in [5.74, 6) is 0. The van der Waals surface area contributed by atoms with Gasteiger partial charge < -0.3 is 19.6 Å². The molecule has 0 radical (unpaired) electrons. The van der Waals surface area contributed by atoms with Gasteiger partial charge in [0.15, 0.2) is 8.32 Å². The van der Waals surface area contributed by atoms with Crippen LogP contribution in [0.2, 0.25) is 18.1 Å². The van der Waals surface area contributed by atoms with E-state index in [2.05, 4.69) is 39.2 Å². The third kappa shape index (κ3) is 8.45. The first kappa shape index (κ1) is 23.7. The maximum absolute atomic E-state index is 12.2. The molecule has 1 aromatic carbocycles. The first-order valence-corrected chi connectivity index (χ1v) is 12.5. The molecule has 0 heterocycles. The number of rotatable bonds is 7. The number of aliphatic hydroxyl groups is 1. The lowest BCUT2D eigenvalue weighted by Crippen LogP contribution is -2.50. The van der Waals surface area contributed by atoms with Crippen molar-refractivity contribution >= 4 is 14.4 Å². The maximum Gasteiger partial charge on any atom is 0.407 e. The number of aliphatic hydroxyl groups excluding tert-OH is 1. The molecule has 0 fully saturated rings. The Morgan fingerprint density at radius 3 is 2.15 bits per heavy atom. The van der Waals surface area contributed by atoms with Gasteiger partial charge in [-0.2, -0.15) is 0 Å². The highest BCUT2D eigenvalue weighted by atomic mass is 28.4. The number of hydrogen-bond donors (Lipinski definition) is 2. The van der Waals surface area contributed by atoms with Crippen LogP contribution in [0.25, 0.3) is 0 Å². The number of alkyl carbamates (subject to hydrolysis) is 1. The molecule has 0 aromatic heterocycles. The summed E-state index contributed by atoms with van der Waals surface area (Å²) in [7, 11) is -1.99. The van der Waals surface area contributed by atoms with Gasteiger partial charge in [-0.1, -0.05) is 51.1 Å². The first-order chi connectivity index (χ1) is 12.2. The van der Waals surface area contributed by atoms with Gasteiger partial charge in [-0.25, -0.2) is 4.79 Å². The van der Waals surface area contributed by atoms with E-state index in [0.29, 0.717) is 6.42 Å². The molecular weight excluding hydrogens is 358 g/mol. The van der Waals surface area contributed by atoms with Crippen LogP contribution in [0.15, 0.2) is 30.3 Å². The molecule has 6 heteroatoms. The molecule has 1 aromatic rings. The van der Waals surface area contributed by atoms with Gasteiger partial charge in [-0.05, 0) is 50.9 Å². The third-order valence-corrected chi connectivity index (χ3v) is 9.39. The van der Waals surface area contributed by atoms with E-state index >= 15 is 0 Å². The molecule has 0 saturated heterocycles. The summed E-state index contributed by atoms with van der Waals surface area (Å²) in [6.07, 6.45) is -0.857. The smallest absolute Gasteiger partial charge is 0.407 e. The van der Waals surface area contributed by atoms with Gasteiger partial charge in [-0.15, -0.1) is 0 Å². The zero-order valence-corrected chi connectivity index (χ0v) is 19.1. The standard InChI is InChI=1S/C21H37NO4Si/c1-20(2,3)26-19(24)22-17(14-16-12-10-9-11-13-16)18(23)15-25-27(7,8)21(4,5)6/h9-13,17-18,23H,14-15H2,1-8H3,(H,22,24)/t17-,18+/m0/s1. The maximum atomic E-state index is 12.2. The molecule has 0 aliphatic heterocycles. The average molecular weight is 396 g/mol. The van der Waals surface area contributed by atoms with Gasteiger partial charge >= 0.3 is 6.09 Å². The summed E-state index contributed by atoms with van der Waals surface area (Å²) < 4.78 is 11.5. The lowest BCUT2D eigenvalue weighted by Gasteiger charge is -2.37. The molecule has 154 valence electrons. The summed E-state index contributed by atoms with van der Waals surface area (Å²) >= 11 is 0. The fourth-order valence-corrected chi connectivity index (χ4v) is 3.26. The molecule has 1 rings (SSSR count). The quantitative estimate of drug-likeness (QED) is 0.667. The summed E-state index contributed by atoms with van der Waals surface area (Å²) in [6.45, 7) is 16.4. The van der Waals surface area contributed by atoms with Crippen molar-refractivity contribution in [3.05, 3.63) is 35.9 Å². The van der Waals surface area contributed by atoms with Crippen molar-refractivity contribution in [1.29, 1.82) is 0 Å². The second-order valence-electron chi connectivity index (χ2n) is 9.58. The van der Waals surface area contributed by atoms with Crippen LogP contribution >= 0.6 is 0 Å². The minimum absolute atomic E-state index is 0.0558.